The number of nitrogens with zero attached hydrogens (tertiary/aromatic N) is 7. The summed E-state index contributed by atoms with van der Waals surface area (Å²) in [5, 5.41) is 36.8. The number of aryl methyl sites for hydroxylation is 1. The largest absolute Gasteiger partial charge is 1.00 e. The minimum atomic E-state index is -5.12. The zero-order valence-electron chi connectivity index (χ0n) is 32.6. The number of azo groups is 2. The van der Waals surface area contributed by atoms with E-state index in [-0.39, 0.29) is 162 Å². The molecular formula is C34H25Cl2CuN7Na3O12S3+3. The van der Waals surface area contributed by atoms with Gasteiger partial charge in [-0.15, -0.1) is 15.3 Å². The Labute approximate surface area is 440 Å². The molecule has 28 heteroatoms. The van der Waals surface area contributed by atoms with E-state index in [1.807, 2.05) is 0 Å². The van der Waals surface area contributed by atoms with Crippen LogP contribution in [0.25, 0.3) is 21.8 Å². The molecule has 0 saturated heterocycles. The first-order valence-corrected chi connectivity index (χ1v) is 21.0. The zero-order valence-corrected chi connectivity index (χ0v) is 43.5. The van der Waals surface area contributed by atoms with Crippen molar-refractivity contribution >= 4 is 104 Å². The normalized spacial score (nSPS) is 11.8. The van der Waals surface area contributed by atoms with Crippen LogP contribution in [0, 0.1) is 6.92 Å². The van der Waals surface area contributed by atoms with Crippen LogP contribution in [0.15, 0.2) is 108 Å². The molecule has 311 valence electrons. The summed E-state index contributed by atoms with van der Waals surface area (Å²) in [5.74, 6) is -1.90. The number of rotatable bonds is 10. The van der Waals surface area contributed by atoms with Crippen molar-refractivity contribution in [2.75, 3.05) is 7.05 Å². The summed E-state index contributed by atoms with van der Waals surface area (Å²) in [6.45, 7) is 1.42. The molecule has 1 radical (unpaired) electrons. The van der Waals surface area contributed by atoms with Gasteiger partial charge in [0.05, 0.1) is 21.6 Å². The number of hydrogen-bond acceptors (Lipinski definition) is 15. The fraction of sp³-hybridized carbons (Fsp3) is 0.0882. The number of carbonyl (C=O) groups excluding carboxylic acids is 1. The number of phenols is 2. The van der Waals surface area contributed by atoms with Gasteiger partial charge in [-0.05, 0) is 84.1 Å². The van der Waals surface area contributed by atoms with Crippen molar-refractivity contribution in [3.8, 4) is 11.5 Å². The second-order valence-corrected chi connectivity index (χ2v) is 17.3. The first-order valence-electron chi connectivity index (χ1n) is 15.9. The first-order chi connectivity index (χ1) is 27.0. The first kappa shape index (κ1) is 55.9. The summed E-state index contributed by atoms with van der Waals surface area (Å²) in [7, 11) is -13.2. The molecule has 0 atom stereocenters. The Morgan fingerprint density at radius 3 is 1.89 bits per heavy atom. The third kappa shape index (κ3) is 12.8. The van der Waals surface area contributed by atoms with Crippen LogP contribution in [0.1, 0.15) is 21.5 Å². The van der Waals surface area contributed by atoms with Crippen LogP contribution in [0.3, 0.4) is 0 Å². The molecule has 6 rings (SSSR count). The van der Waals surface area contributed by atoms with Gasteiger partial charge in [0, 0.05) is 47.7 Å². The fourth-order valence-corrected chi connectivity index (χ4v) is 7.57. The molecule has 0 saturated carbocycles. The SMILES string of the molecule is Cc1cc(N=Nc2c(S(=O)(=O)O)cc3cc(S(=O)(=O)O)ccc3c2O)c(O)cc1N=Nc1cc(CN(C)C(=O)c2ccc3nc(Cl)c(Cl)nc3c2)ccc1S(=O)(=O)O.[Cu].[Na+].[Na+].[Na+]. The van der Waals surface area contributed by atoms with Crippen LogP contribution in [0.2, 0.25) is 10.3 Å². The van der Waals surface area contributed by atoms with Crippen LogP contribution >= 0.6 is 23.2 Å². The molecule has 0 unspecified atom stereocenters. The molecule has 19 nitrogen and oxygen atoms in total. The van der Waals surface area contributed by atoms with Crippen molar-refractivity contribution in [2.45, 2.75) is 28.2 Å². The van der Waals surface area contributed by atoms with Crippen molar-refractivity contribution < 1.29 is 160 Å². The van der Waals surface area contributed by atoms with E-state index in [0.29, 0.717) is 16.6 Å². The molecule has 1 aromatic heterocycles. The van der Waals surface area contributed by atoms with E-state index < -0.39 is 68.1 Å². The maximum atomic E-state index is 13.3. The van der Waals surface area contributed by atoms with Gasteiger partial charge in [0.15, 0.2) is 16.1 Å². The van der Waals surface area contributed by atoms with E-state index in [1.165, 1.54) is 49.2 Å². The van der Waals surface area contributed by atoms with E-state index >= 15 is 0 Å². The third-order valence-electron chi connectivity index (χ3n) is 8.31. The second kappa shape index (κ2) is 21.9. The van der Waals surface area contributed by atoms with Crippen molar-refractivity contribution in [3.63, 3.8) is 0 Å². The topological polar surface area (TPSA) is 299 Å². The standard InChI is InChI=1S/C34H25Cl2N7O12S3.Cu.3Na/c1-16-9-25(40-42-30-29(58(53,54)55)13-19-11-20(56(47,48)49)5-6-21(19)31(30)45)27(44)14-23(16)39-41-26-10-17(3-8-28(26)57(50,51)52)15-43(2)34(46)18-4-7-22-24(12-18)38-33(36)32(35)37-22;;;;/h3-14,44-45H,15H2,1-2H3,(H,47,48,49)(H,50,51,52)(H,53,54,55);;;;/q;;3*+1. The summed E-state index contributed by atoms with van der Waals surface area (Å²) in [6.07, 6.45) is 0. The molecule has 0 aliphatic heterocycles. The molecule has 0 aliphatic rings. The molecule has 62 heavy (non-hydrogen) atoms. The van der Waals surface area contributed by atoms with Crippen LogP contribution in [0.5, 0.6) is 11.5 Å². The summed E-state index contributed by atoms with van der Waals surface area (Å²) in [6, 6.07) is 14.1. The minimum Gasteiger partial charge on any atom is -0.506 e. The van der Waals surface area contributed by atoms with Crippen molar-refractivity contribution in [2.24, 2.45) is 20.5 Å². The molecular weight excluding hydrogens is 998 g/mol. The Hall–Kier alpha value is -2.20. The van der Waals surface area contributed by atoms with E-state index in [0.717, 1.165) is 36.4 Å². The Morgan fingerprint density at radius 1 is 0.677 bits per heavy atom. The Balaban J connectivity index is 0.00000331. The van der Waals surface area contributed by atoms with Gasteiger partial charge in [0.2, 0.25) is 0 Å². The quantitative estimate of drug-likeness (QED) is 0.0604. The summed E-state index contributed by atoms with van der Waals surface area (Å²) >= 11 is 11.9. The summed E-state index contributed by atoms with van der Waals surface area (Å²) < 4.78 is 101. The van der Waals surface area contributed by atoms with Crippen molar-refractivity contribution in [1.29, 1.82) is 0 Å². The molecule has 1 amide bonds. The smallest absolute Gasteiger partial charge is 0.506 e. The molecule has 6 aromatic rings. The number of amides is 1. The summed E-state index contributed by atoms with van der Waals surface area (Å²) in [5.41, 5.74) is 0.170. The monoisotopic (exact) mass is 1020 g/mol. The average molecular weight is 1020 g/mol. The molecule has 0 spiro atoms. The van der Waals surface area contributed by atoms with Gasteiger partial charge in [-0.3, -0.25) is 18.5 Å². The minimum absolute atomic E-state index is 0. The van der Waals surface area contributed by atoms with E-state index in [9.17, 15) is 53.9 Å². The molecule has 5 N–H and O–H groups in total. The number of aromatic nitrogens is 2. The number of halogens is 2. The fourth-order valence-electron chi connectivity index (χ4n) is 5.52. The molecule has 5 aromatic carbocycles. The molecule has 1 heterocycles. The number of benzene rings is 5. The van der Waals surface area contributed by atoms with Gasteiger partial charge in [0.25, 0.3) is 36.3 Å². The number of hydrogen-bond donors (Lipinski definition) is 5. The second-order valence-electron chi connectivity index (χ2n) is 12.4. The van der Waals surface area contributed by atoms with Gasteiger partial charge in [-0.1, -0.05) is 29.3 Å². The number of aromatic hydroxyl groups is 2. The van der Waals surface area contributed by atoms with Crippen molar-refractivity contribution in [3.05, 3.63) is 99.8 Å². The Kier molecular flexibility index (Phi) is 19.7. The molecule has 0 bridgehead atoms. The van der Waals surface area contributed by atoms with E-state index in [1.54, 1.807) is 6.07 Å². The predicted octanol–water partition coefficient (Wildman–Crippen LogP) is -1.34. The summed E-state index contributed by atoms with van der Waals surface area (Å²) in [4.78, 5) is 20.6. The molecule has 0 fully saturated rings. The van der Waals surface area contributed by atoms with E-state index in [4.69, 9.17) is 23.2 Å². The maximum absolute atomic E-state index is 13.3. The van der Waals surface area contributed by atoms with Crippen LogP contribution in [-0.2, 0) is 54.0 Å². The Bertz CT molecular complexity index is 3160. The van der Waals surface area contributed by atoms with Crippen LogP contribution < -0.4 is 88.7 Å². The predicted molar refractivity (Wildman–Crippen MR) is 208 cm³/mol. The van der Waals surface area contributed by atoms with Gasteiger partial charge < -0.3 is 15.1 Å². The van der Waals surface area contributed by atoms with Gasteiger partial charge in [-0.25, -0.2) is 9.97 Å². The number of fused-ring (bicyclic) bond motifs is 2. The average Bonchev–Trinajstić information content (AvgIpc) is 3.13. The van der Waals surface area contributed by atoms with Gasteiger partial charge in [-0.2, -0.15) is 30.4 Å². The van der Waals surface area contributed by atoms with E-state index in [2.05, 4.69) is 30.4 Å². The molecule has 0 aliphatic carbocycles. The van der Waals surface area contributed by atoms with Gasteiger partial charge >= 0.3 is 88.7 Å². The van der Waals surface area contributed by atoms with Gasteiger partial charge in [0.1, 0.15) is 32.6 Å². The van der Waals surface area contributed by atoms with Crippen LogP contribution in [-0.4, -0.2) is 76.9 Å². The maximum Gasteiger partial charge on any atom is 1.00 e. The van der Waals surface area contributed by atoms with Crippen molar-refractivity contribution in [1.82, 2.24) is 14.9 Å². The van der Waals surface area contributed by atoms with Crippen LogP contribution in [0.4, 0.5) is 22.7 Å². The zero-order chi connectivity index (χ0) is 42.5. The Morgan fingerprint density at radius 2 is 1.27 bits per heavy atom. The number of phenolic OH excluding ortho intramolecular Hbond substituents is 2. The third-order valence-corrected chi connectivity index (χ3v) is 11.6. The number of carbonyl (C=O) groups is 1.